The van der Waals surface area contributed by atoms with Gasteiger partial charge in [-0.05, 0) is 32.9 Å². The number of primary amides is 1. The second-order valence-electron chi connectivity index (χ2n) is 5.37. The molecule has 3 N–H and O–H groups in total. The summed E-state index contributed by atoms with van der Waals surface area (Å²) in [5, 5.41) is 9.77. The van der Waals surface area contributed by atoms with E-state index in [0.717, 1.165) is 0 Å². The zero-order chi connectivity index (χ0) is 16.0. The van der Waals surface area contributed by atoms with E-state index in [1.165, 1.54) is 11.0 Å². The highest BCUT2D eigenvalue weighted by Crippen LogP contribution is 2.17. The van der Waals surface area contributed by atoms with E-state index in [0.29, 0.717) is 6.54 Å². The molecule has 116 valence electrons. The minimum atomic E-state index is -0.975. The van der Waals surface area contributed by atoms with Crippen LogP contribution in [-0.4, -0.2) is 47.1 Å². The van der Waals surface area contributed by atoms with Gasteiger partial charge >= 0.3 is 0 Å². The summed E-state index contributed by atoms with van der Waals surface area (Å²) in [4.78, 5) is 24.8. The Labute approximate surface area is 124 Å². The maximum Gasteiger partial charge on any atom is 0.260 e. The molecule has 0 atom stereocenters. The Bertz CT molecular complexity index is 509. The molecule has 2 amide bonds. The fourth-order valence-electron chi connectivity index (χ4n) is 1.87. The molecule has 6 heteroatoms. The third-order valence-corrected chi connectivity index (χ3v) is 2.82. The highest BCUT2D eigenvalue weighted by atomic mass is 16.5. The Morgan fingerprint density at radius 2 is 1.95 bits per heavy atom. The minimum absolute atomic E-state index is 0.211. The van der Waals surface area contributed by atoms with Crippen LogP contribution in [0.1, 0.15) is 31.1 Å². The van der Waals surface area contributed by atoms with Crippen molar-refractivity contribution < 1.29 is 19.4 Å². The lowest BCUT2D eigenvalue weighted by atomic mass is 10.1. The number of rotatable bonds is 7. The molecule has 0 aliphatic carbocycles. The predicted molar refractivity (Wildman–Crippen MR) is 79.0 cm³/mol. The second kappa shape index (κ2) is 7.08. The number of carbonyl (C=O) groups is 2. The molecule has 0 heterocycles. The van der Waals surface area contributed by atoms with E-state index >= 15 is 0 Å². The van der Waals surface area contributed by atoms with Crippen LogP contribution in [0.25, 0.3) is 0 Å². The Hall–Kier alpha value is -2.08. The third-order valence-electron chi connectivity index (χ3n) is 2.82. The molecule has 21 heavy (non-hydrogen) atoms. The largest absolute Gasteiger partial charge is 0.483 e. The number of amides is 2. The standard InChI is InChI=1S/C15H22N2O4/c1-4-17(10-15(2,3)20)13(18)9-21-12-8-6-5-7-11(12)14(16)19/h5-8,20H,4,9-10H2,1-3H3,(H2,16,19). The second-order valence-corrected chi connectivity index (χ2v) is 5.37. The smallest absolute Gasteiger partial charge is 0.260 e. The molecule has 1 aromatic carbocycles. The van der Waals surface area contributed by atoms with Crippen LogP contribution in [0.2, 0.25) is 0 Å². The highest BCUT2D eigenvalue weighted by molar-refractivity contribution is 5.95. The maximum absolute atomic E-state index is 12.1. The van der Waals surface area contributed by atoms with E-state index in [1.54, 1.807) is 32.0 Å². The maximum atomic E-state index is 12.1. The van der Waals surface area contributed by atoms with Crippen molar-refractivity contribution in [2.75, 3.05) is 19.7 Å². The van der Waals surface area contributed by atoms with Crippen LogP contribution in [0.5, 0.6) is 5.75 Å². The summed E-state index contributed by atoms with van der Waals surface area (Å²) < 4.78 is 5.38. The molecule has 0 aliphatic heterocycles. The fourth-order valence-corrected chi connectivity index (χ4v) is 1.87. The lowest BCUT2D eigenvalue weighted by Crippen LogP contribution is -2.44. The molecule has 0 fully saturated rings. The summed E-state index contributed by atoms with van der Waals surface area (Å²) in [7, 11) is 0. The quantitative estimate of drug-likeness (QED) is 0.777. The van der Waals surface area contributed by atoms with Gasteiger partial charge in [-0.15, -0.1) is 0 Å². The zero-order valence-electron chi connectivity index (χ0n) is 12.6. The number of likely N-dealkylation sites (N-methyl/N-ethyl adjacent to an activating group) is 1. The van der Waals surface area contributed by atoms with Crippen LogP contribution in [0.15, 0.2) is 24.3 Å². The average molecular weight is 294 g/mol. The van der Waals surface area contributed by atoms with Crippen molar-refractivity contribution >= 4 is 11.8 Å². The fraction of sp³-hybridized carbons (Fsp3) is 0.467. The van der Waals surface area contributed by atoms with E-state index in [1.807, 2.05) is 6.92 Å². The Morgan fingerprint density at radius 3 is 2.48 bits per heavy atom. The summed E-state index contributed by atoms with van der Waals surface area (Å²) in [5.41, 5.74) is 4.50. The van der Waals surface area contributed by atoms with Crippen molar-refractivity contribution in [3.8, 4) is 5.75 Å². The number of hydrogen-bond donors (Lipinski definition) is 2. The molecular formula is C15H22N2O4. The van der Waals surface area contributed by atoms with E-state index in [2.05, 4.69) is 0 Å². The van der Waals surface area contributed by atoms with E-state index in [4.69, 9.17) is 10.5 Å². The van der Waals surface area contributed by atoms with E-state index < -0.39 is 11.5 Å². The molecule has 6 nitrogen and oxygen atoms in total. The first kappa shape index (κ1) is 17.0. The number of carbonyl (C=O) groups excluding carboxylic acids is 2. The van der Waals surface area contributed by atoms with Gasteiger partial charge in [0.1, 0.15) is 5.75 Å². The zero-order valence-corrected chi connectivity index (χ0v) is 12.6. The molecule has 1 aromatic rings. The van der Waals surface area contributed by atoms with Gasteiger partial charge < -0.3 is 20.5 Å². The molecule has 0 unspecified atom stereocenters. The molecule has 0 aliphatic rings. The van der Waals surface area contributed by atoms with Crippen LogP contribution in [0, 0.1) is 0 Å². The van der Waals surface area contributed by atoms with Gasteiger partial charge in [0.25, 0.3) is 11.8 Å². The molecule has 0 radical (unpaired) electrons. The molecule has 1 rings (SSSR count). The molecule has 0 saturated heterocycles. The highest BCUT2D eigenvalue weighted by Gasteiger charge is 2.22. The van der Waals surface area contributed by atoms with Crippen molar-refractivity contribution in [2.24, 2.45) is 5.73 Å². The third kappa shape index (κ3) is 5.43. The van der Waals surface area contributed by atoms with Crippen LogP contribution < -0.4 is 10.5 Å². The first-order chi connectivity index (χ1) is 9.74. The normalized spacial score (nSPS) is 11.0. The Morgan fingerprint density at radius 1 is 1.33 bits per heavy atom. The van der Waals surface area contributed by atoms with Gasteiger partial charge in [0, 0.05) is 13.1 Å². The Kier molecular flexibility index (Phi) is 5.72. The van der Waals surface area contributed by atoms with Gasteiger partial charge in [0.15, 0.2) is 6.61 Å². The molecular weight excluding hydrogens is 272 g/mol. The first-order valence-corrected chi connectivity index (χ1v) is 6.76. The number of benzene rings is 1. The first-order valence-electron chi connectivity index (χ1n) is 6.76. The van der Waals surface area contributed by atoms with Gasteiger partial charge in [-0.1, -0.05) is 12.1 Å². The number of ether oxygens (including phenoxy) is 1. The van der Waals surface area contributed by atoms with Crippen molar-refractivity contribution in [1.29, 1.82) is 0 Å². The molecule has 0 spiro atoms. The lowest BCUT2D eigenvalue weighted by Gasteiger charge is -2.28. The van der Waals surface area contributed by atoms with Crippen LogP contribution in [0.4, 0.5) is 0 Å². The van der Waals surface area contributed by atoms with Crippen LogP contribution >= 0.6 is 0 Å². The lowest BCUT2D eigenvalue weighted by molar-refractivity contribution is -0.136. The minimum Gasteiger partial charge on any atom is -0.483 e. The van der Waals surface area contributed by atoms with Crippen molar-refractivity contribution in [1.82, 2.24) is 4.90 Å². The summed E-state index contributed by atoms with van der Waals surface area (Å²) in [6.07, 6.45) is 0. The van der Waals surface area contributed by atoms with Gasteiger partial charge in [-0.2, -0.15) is 0 Å². The van der Waals surface area contributed by atoms with Crippen LogP contribution in [-0.2, 0) is 4.79 Å². The number of para-hydroxylation sites is 1. The van der Waals surface area contributed by atoms with Gasteiger partial charge in [-0.3, -0.25) is 9.59 Å². The van der Waals surface area contributed by atoms with Crippen molar-refractivity contribution in [3.05, 3.63) is 29.8 Å². The number of aliphatic hydroxyl groups is 1. The summed E-state index contributed by atoms with van der Waals surface area (Å²) in [6, 6.07) is 6.48. The molecule has 0 aromatic heterocycles. The summed E-state index contributed by atoms with van der Waals surface area (Å²) >= 11 is 0. The number of nitrogens with zero attached hydrogens (tertiary/aromatic N) is 1. The Balaban J connectivity index is 2.70. The van der Waals surface area contributed by atoms with Crippen LogP contribution in [0.3, 0.4) is 0 Å². The topological polar surface area (TPSA) is 92.9 Å². The SMILES string of the molecule is CCN(CC(C)(C)O)C(=O)COc1ccccc1C(N)=O. The number of hydrogen-bond acceptors (Lipinski definition) is 4. The van der Waals surface area contributed by atoms with E-state index in [9.17, 15) is 14.7 Å². The van der Waals surface area contributed by atoms with Crippen molar-refractivity contribution in [2.45, 2.75) is 26.4 Å². The molecule has 0 bridgehead atoms. The van der Waals surface area contributed by atoms with Gasteiger partial charge in [0.05, 0.1) is 11.2 Å². The predicted octanol–water partition coefficient (Wildman–Crippen LogP) is 0.784. The summed E-state index contributed by atoms with van der Waals surface area (Å²) in [6.45, 7) is 5.54. The summed E-state index contributed by atoms with van der Waals surface area (Å²) in [5.74, 6) is -0.599. The molecule has 0 saturated carbocycles. The van der Waals surface area contributed by atoms with Gasteiger partial charge in [0.2, 0.25) is 0 Å². The monoisotopic (exact) mass is 294 g/mol. The van der Waals surface area contributed by atoms with Crippen molar-refractivity contribution in [3.63, 3.8) is 0 Å². The average Bonchev–Trinajstić information content (AvgIpc) is 2.41. The van der Waals surface area contributed by atoms with Gasteiger partial charge in [-0.25, -0.2) is 0 Å². The number of nitrogens with two attached hydrogens (primary N) is 1. The van der Waals surface area contributed by atoms with E-state index in [-0.39, 0.29) is 30.4 Å².